The van der Waals surface area contributed by atoms with E-state index in [4.69, 9.17) is 32.3 Å². The number of allylic oxidation sites excluding steroid dienone is 24. The Labute approximate surface area is 664 Å². The van der Waals surface area contributed by atoms with E-state index in [1.54, 1.807) is 0 Å². The Balaban J connectivity index is 4.48. The van der Waals surface area contributed by atoms with Gasteiger partial charge in [-0.25, -0.2) is 9.13 Å². The molecule has 109 heavy (non-hydrogen) atoms. The molecule has 5 unspecified atom stereocenters. The van der Waals surface area contributed by atoms with Crippen molar-refractivity contribution in [2.24, 2.45) is 0 Å². The zero-order chi connectivity index (χ0) is 79.4. The van der Waals surface area contributed by atoms with Gasteiger partial charge >= 0.3 is 33.6 Å². The van der Waals surface area contributed by atoms with Crippen molar-refractivity contribution in [2.75, 3.05) is 39.6 Å². The van der Waals surface area contributed by atoms with Gasteiger partial charge in [0.1, 0.15) is 25.4 Å². The van der Waals surface area contributed by atoms with Gasteiger partial charge in [-0.1, -0.05) is 334 Å². The first kappa shape index (κ1) is 104. The smallest absolute Gasteiger partial charge is 0.463 e. The molecule has 0 rings (SSSR count). The molecule has 18 heteroatoms. The number of hydrogen-bond donors (Lipinski definition) is 4. The topological polar surface area (TPSA) is 231 Å². The molecule has 0 heterocycles. The molecule has 0 aliphatic heterocycles. The summed E-state index contributed by atoms with van der Waals surface area (Å²) < 4.78 is 61.2. The number of hydrogen-bond acceptors (Lipinski definition) is 14. The van der Waals surface area contributed by atoms with E-state index in [1.165, 1.54) is 148 Å². The van der Waals surface area contributed by atoms with E-state index in [9.17, 15) is 43.5 Å². The van der Waals surface area contributed by atoms with Gasteiger partial charge in [0.15, 0.2) is 6.10 Å². The number of aliphatic hydroxyl groups excluding tert-OH is 2. The third kappa shape index (κ3) is 84.2. The quantitative estimate of drug-likeness (QED) is 0.0146. The third-order valence-electron chi connectivity index (χ3n) is 18.0. The molecule has 0 aromatic heterocycles. The van der Waals surface area contributed by atoms with Crippen molar-refractivity contribution < 1.29 is 75.8 Å². The van der Waals surface area contributed by atoms with Crippen LogP contribution < -0.4 is 0 Å². The number of unbranched alkanes of at least 4 members (excludes halogenated alkanes) is 34. The van der Waals surface area contributed by atoms with Crippen molar-refractivity contribution in [3.8, 4) is 0 Å². The SMILES string of the molecule is CC/C=C\C/C=C\C/C=C\C/C=C\C/C=C\CCCCCC(=O)OCC(COP(=O)(O)OCC(O)COP(=O)(O)OCC(O)COC(=O)CCCCCCCCCCCCCCCCCCCCC/C=C\C/C=C\C/C=C\C/C=C\CCCCC)OC(=O)CCCCCCCC/C=C\C/C=C\C/C=C\CCCCC. The Hall–Kier alpha value is -4.57. The summed E-state index contributed by atoms with van der Waals surface area (Å²) in [6, 6.07) is 0. The fraction of sp³-hybridized carbons (Fsp3) is 0.703. The molecule has 0 aromatic carbocycles. The number of phosphoric acid groups is 2. The average Bonchev–Trinajstić information content (AvgIpc) is 0.903. The maximum absolute atomic E-state index is 13.0. The standard InChI is InChI=1S/C91H156O16P2/c1-4-7-10-13-16-19-22-25-28-31-34-35-36-37-38-39-40-41-42-43-44-45-46-47-48-49-52-54-56-59-62-65-68-71-74-77-89(94)101-80-86(92)81-103-108(97,98)104-82-87(93)83-105-109(99,100)106-85-88(107-91(96)79-76-73-70-67-64-61-58-55-51-33-30-27-24-21-18-15-12-9-6-3)84-102-90(95)78-75-72-69-66-63-60-57-53-50-32-29-26-23-20-17-14-11-8-5-2/h8,11,16-21,25-30,34-35,37-38,50-51,53,55,60,63,86-88,92-93H,4-7,9-10,12-15,22-24,31-33,36,39-49,52,54,56-59,61-62,64-85H2,1-3H3,(H,97,98)(H,99,100)/b11-8-,19-16-,20-17-,21-18-,28-25-,29-26-,30-27-,35-34-,38-37-,53-50-,55-51-,63-60-. The summed E-state index contributed by atoms with van der Waals surface area (Å²) in [5.74, 6) is -1.62. The van der Waals surface area contributed by atoms with Crippen molar-refractivity contribution in [3.05, 3.63) is 146 Å². The molecule has 0 saturated heterocycles. The van der Waals surface area contributed by atoms with E-state index in [0.29, 0.717) is 19.3 Å². The van der Waals surface area contributed by atoms with Gasteiger partial charge in [0.25, 0.3) is 0 Å². The van der Waals surface area contributed by atoms with Crippen LogP contribution in [0.15, 0.2) is 146 Å². The van der Waals surface area contributed by atoms with Crippen LogP contribution in [-0.2, 0) is 55.8 Å². The fourth-order valence-electron chi connectivity index (χ4n) is 11.5. The first-order valence-corrected chi connectivity index (χ1v) is 46.1. The lowest BCUT2D eigenvalue weighted by Gasteiger charge is -2.21. The van der Waals surface area contributed by atoms with Crippen LogP contribution in [0.2, 0.25) is 0 Å². The molecule has 0 bridgehead atoms. The van der Waals surface area contributed by atoms with Crippen molar-refractivity contribution >= 4 is 33.6 Å². The van der Waals surface area contributed by atoms with E-state index in [2.05, 4.69) is 167 Å². The highest BCUT2D eigenvalue weighted by Gasteiger charge is 2.29. The van der Waals surface area contributed by atoms with E-state index >= 15 is 0 Å². The van der Waals surface area contributed by atoms with E-state index in [-0.39, 0.29) is 19.3 Å². The molecule has 16 nitrogen and oxygen atoms in total. The number of carbonyl (C=O) groups is 3. The fourth-order valence-corrected chi connectivity index (χ4v) is 13.1. The summed E-state index contributed by atoms with van der Waals surface area (Å²) in [7, 11) is -9.81. The molecule has 0 radical (unpaired) electrons. The summed E-state index contributed by atoms with van der Waals surface area (Å²) in [4.78, 5) is 58.8. The number of aliphatic hydroxyl groups is 2. The summed E-state index contributed by atoms with van der Waals surface area (Å²) in [5.41, 5.74) is 0. The lowest BCUT2D eigenvalue weighted by Crippen LogP contribution is -2.30. The molecule has 0 fully saturated rings. The Bertz CT molecular complexity index is 2560. The zero-order valence-corrected chi connectivity index (χ0v) is 70.5. The van der Waals surface area contributed by atoms with Gasteiger partial charge in [0.2, 0.25) is 0 Å². The van der Waals surface area contributed by atoms with Crippen molar-refractivity contribution in [2.45, 2.75) is 373 Å². The maximum atomic E-state index is 13.0. The second-order valence-corrected chi connectivity index (χ2v) is 31.5. The minimum atomic E-state index is -4.95. The van der Waals surface area contributed by atoms with Gasteiger partial charge in [-0.2, -0.15) is 0 Å². The maximum Gasteiger partial charge on any atom is 0.472 e. The van der Waals surface area contributed by atoms with Crippen LogP contribution in [0.5, 0.6) is 0 Å². The van der Waals surface area contributed by atoms with Crippen LogP contribution in [0.1, 0.15) is 355 Å². The average molecular weight is 1570 g/mol. The van der Waals surface area contributed by atoms with Crippen LogP contribution >= 0.6 is 15.6 Å². The molecule has 626 valence electrons. The first-order chi connectivity index (χ1) is 53.2. The normalized spacial score (nSPS) is 14.6. The second kappa shape index (κ2) is 82.9. The Kier molecular flexibility index (Phi) is 79.4. The van der Waals surface area contributed by atoms with E-state index in [0.717, 1.165) is 148 Å². The van der Waals surface area contributed by atoms with Gasteiger partial charge in [-0.3, -0.25) is 32.5 Å². The monoisotopic (exact) mass is 1570 g/mol. The van der Waals surface area contributed by atoms with Gasteiger partial charge in [0, 0.05) is 19.3 Å². The molecule has 0 saturated carbocycles. The van der Waals surface area contributed by atoms with Gasteiger partial charge in [-0.15, -0.1) is 0 Å². The summed E-state index contributed by atoms with van der Waals surface area (Å²) >= 11 is 0. The highest BCUT2D eigenvalue weighted by molar-refractivity contribution is 7.47. The van der Waals surface area contributed by atoms with Crippen molar-refractivity contribution in [1.29, 1.82) is 0 Å². The van der Waals surface area contributed by atoms with Crippen molar-refractivity contribution in [3.63, 3.8) is 0 Å². The molecule has 0 amide bonds. The van der Waals surface area contributed by atoms with Crippen LogP contribution in [0.25, 0.3) is 0 Å². The van der Waals surface area contributed by atoms with Crippen molar-refractivity contribution in [1.82, 2.24) is 0 Å². The van der Waals surface area contributed by atoms with E-state index in [1.807, 2.05) is 0 Å². The molecular formula is C91H156O16P2. The summed E-state index contributed by atoms with van der Waals surface area (Å²) in [6.45, 7) is 2.48. The molecule has 5 atom stereocenters. The zero-order valence-electron chi connectivity index (χ0n) is 68.7. The Morgan fingerprint density at radius 2 is 0.486 bits per heavy atom. The number of esters is 3. The van der Waals surface area contributed by atoms with Crippen LogP contribution in [0.3, 0.4) is 0 Å². The largest absolute Gasteiger partial charge is 0.472 e. The molecule has 0 spiro atoms. The van der Waals surface area contributed by atoms with Crippen LogP contribution in [0, 0.1) is 0 Å². The highest BCUT2D eigenvalue weighted by Crippen LogP contribution is 2.45. The minimum Gasteiger partial charge on any atom is -0.463 e. The van der Waals surface area contributed by atoms with Gasteiger partial charge in [0.05, 0.1) is 26.4 Å². The Morgan fingerprint density at radius 3 is 0.780 bits per heavy atom. The molecule has 4 N–H and O–H groups in total. The highest BCUT2D eigenvalue weighted by atomic mass is 31.2. The summed E-state index contributed by atoms with van der Waals surface area (Å²) in [6.07, 6.45) is 103. The minimum absolute atomic E-state index is 0.0788. The lowest BCUT2D eigenvalue weighted by molar-refractivity contribution is -0.161. The Morgan fingerprint density at radius 1 is 0.266 bits per heavy atom. The lowest BCUT2D eigenvalue weighted by atomic mass is 10.0. The number of rotatable bonds is 81. The van der Waals surface area contributed by atoms with E-state index < -0.39 is 91.5 Å². The first-order valence-electron chi connectivity index (χ1n) is 43.1. The third-order valence-corrected chi connectivity index (χ3v) is 19.9. The summed E-state index contributed by atoms with van der Waals surface area (Å²) in [5, 5.41) is 20.7. The number of carbonyl (C=O) groups excluding carboxylic acids is 3. The molecule has 0 aliphatic rings. The van der Waals surface area contributed by atoms with Gasteiger partial charge < -0.3 is 34.2 Å². The molecule has 0 aliphatic carbocycles. The molecular weight excluding hydrogens is 1410 g/mol. The van der Waals surface area contributed by atoms with Gasteiger partial charge in [-0.05, 0) is 148 Å². The number of phosphoric ester groups is 2. The number of ether oxygens (including phenoxy) is 3. The predicted octanol–water partition coefficient (Wildman–Crippen LogP) is 26.0. The van der Waals surface area contributed by atoms with Crippen LogP contribution in [0.4, 0.5) is 0 Å². The predicted molar refractivity (Wildman–Crippen MR) is 454 cm³/mol. The molecule has 0 aromatic rings. The van der Waals surface area contributed by atoms with Crippen LogP contribution in [-0.4, -0.2) is 95.9 Å². The second-order valence-electron chi connectivity index (χ2n) is 28.6.